The topological polar surface area (TPSA) is 44.2 Å². The molecule has 4 rings (SSSR count). The molecule has 0 atom stereocenters. The fourth-order valence-corrected chi connectivity index (χ4v) is 3.52. The second kappa shape index (κ2) is 8.26. The molecule has 4 heteroatoms. The molecule has 0 aliphatic rings. The summed E-state index contributed by atoms with van der Waals surface area (Å²) in [5.41, 5.74) is 3.21. The first kappa shape index (κ1) is 19.6. The molecule has 4 nitrogen and oxygen atoms in total. The Kier molecular flexibility index (Phi) is 5.78. The van der Waals surface area contributed by atoms with E-state index in [9.17, 15) is 0 Å². The number of aryl methyl sites for hydroxylation is 1. The third-order valence-corrected chi connectivity index (χ3v) is 4.95. The van der Waals surface area contributed by atoms with Crippen LogP contribution < -0.4 is 9.47 Å². The van der Waals surface area contributed by atoms with E-state index < -0.39 is 0 Å². The maximum atomic E-state index is 5.52. The molecule has 0 aliphatic heterocycles. The molecule has 0 amide bonds. The summed E-state index contributed by atoms with van der Waals surface area (Å²) < 4.78 is 11.0. The highest BCUT2D eigenvalue weighted by Crippen LogP contribution is 2.35. The van der Waals surface area contributed by atoms with Gasteiger partial charge in [-0.3, -0.25) is 9.97 Å². The summed E-state index contributed by atoms with van der Waals surface area (Å²) in [5.74, 6) is 1.45. The average Bonchev–Trinajstić information content (AvgIpc) is 2.72. The molecule has 0 N–H and O–H groups in total. The number of rotatable bonds is 5. The van der Waals surface area contributed by atoms with Gasteiger partial charge < -0.3 is 9.47 Å². The van der Waals surface area contributed by atoms with Crippen molar-refractivity contribution in [2.45, 2.75) is 27.2 Å². The second-order valence-corrected chi connectivity index (χ2v) is 6.54. The molecule has 0 spiro atoms. The van der Waals surface area contributed by atoms with Crippen LogP contribution in [0.3, 0.4) is 0 Å². The quantitative estimate of drug-likeness (QED) is 0.457. The lowest BCUT2D eigenvalue weighted by Gasteiger charge is -2.14. The van der Waals surface area contributed by atoms with Crippen molar-refractivity contribution in [2.24, 2.45) is 0 Å². The van der Waals surface area contributed by atoms with Crippen LogP contribution in [-0.2, 0) is 12.8 Å². The molecular formula is C24H26N2O2. The van der Waals surface area contributed by atoms with E-state index in [0.717, 1.165) is 51.0 Å². The van der Waals surface area contributed by atoms with E-state index >= 15 is 0 Å². The molecule has 2 aromatic carbocycles. The summed E-state index contributed by atoms with van der Waals surface area (Å²) in [6, 6.07) is 14.5. The number of hydrogen-bond acceptors (Lipinski definition) is 4. The van der Waals surface area contributed by atoms with Crippen molar-refractivity contribution in [1.82, 2.24) is 9.97 Å². The highest BCUT2D eigenvalue weighted by molar-refractivity contribution is 5.91. The van der Waals surface area contributed by atoms with Crippen LogP contribution in [-0.4, -0.2) is 24.2 Å². The van der Waals surface area contributed by atoms with Gasteiger partial charge in [0.05, 0.1) is 14.2 Å². The number of methoxy groups -OCH3 is 2. The summed E-state index contributed by atoms with van der Waals surface area (Å²) in [7, 11) is 3.32. The predicted octanol–water partition coefficient (Wildman–Crippen LogP) is 5.59. The molecule has 2 heterocycles. The molecule has 2 aromatic heterocycles. The zero-order chi connectivity index (χ0) is 18.8. The first-order valence-corrected chi connectivity index (χ1v) is 9.09. The van der Waals surface area contributed by atoms with E-state index in [4.69, 9.17) is 14.5 Å². The minimum Gasteiger partial charge on any atom is -0.493 e. The van der Waals surface area contributed by atoms with Gasteiger partial charge >= 0.3 is 0 Å². The van der Waals surface area contributed by atoms with Crippen molar-refractivity contribution in [1.29, 1.82) is 0 Å². The number of pyridine rings is 2. The zero-order valence-electron chi connectivity index (χ0n) is 15.8. The largest absolute Gasteiger partial charge is 0.493 e. The van der Waals surface area contributed by atoms with Gasteiger partial charge in [0.1, 0.15) is 0 Å². The van der Waals surface area contributed by atoms with Gasteiger partial charge in [-0.15, -0.1) is 0 Å². The van der Waals surface area contributed by atoms with Gasteiger partial charge in [0.25, 0.3) is 0 Å². The molecule has 28 heavy (non-hydrogen) atoms. The lowest BCUT2D eigenvalue weighted by molar-refractivity contribution is 0.356. The van der Waals surface area contributed by atoms with Crippen LogP contribution >= 0.6 is 0 Å². The van der Waals surface area contributed by atoms with Crippen molar-refractivity contribution < 1.29 is 9.47 Å². The van der Waals surface area contributed by atoms with Crippen molar-refractivity contribution >= 4 is 21.5 Å². The first-order valence-electron chi connectivity index (χ1n) is 9.09. The Morgan fingerprint density at radius 3 is 2.18 bits per heavy atom. The highest BCUT2D eigenvalue weighted by atomic mass is 16.5. The smallest absolute Gasteiger partial charge is 0.161 e. The van der Waals surface area contributed by atoms with E-state index in [-0.39, 0.29) is 7.43 Å². The third-order valence-electron chi connectivity index (χ3n) is 4.95. The van der Waals surface area contributed by atoms with Gasteiger partial charge in [0.15, 0.2) is 11.5 Å². The van der Waals surface area contributed by atoms with Gasteiger partial charge in [0.2, 0.25) is 0 Å². The molecule has 4 aromatic rings. The lowest BCUT2D eigenvalue weighted by atomic mass is 9.99. The van der Waals surface area contributed by atoms with Gasteiger partial charge in [-0.1, -0.05) is 38.6 Å². The molecular weight excluding hydrogens is 348 g/mol. The monoisotopic (exact) mass is 374 g/mol. The van der Waals surface area contributed by atoms with Crippen LogP contribution in [0.25, 0.3) is 21.5 Å². The van der Waals surface area contributed by atoms with Crippen molar-refractivity contribution in [3.8, 4) is 11.5 Å². The Morgan fingerprint density at radius 2 is 1.50 bits per heavy atom. The van der Waals surface area contributed by atoms with Gasteiger partial charge in [-0.05, 0) is 41.0 Å². The SMILES string of the molecule is C.CCc1ncc(Cc2cc3ccccc3cn2)c2cc(OC)c(OC)cc12. The van der Waals surface area contributed by atoms with Crippen LogP contribution in [0.2, 0.25) is 0 Å². The Hall–Kier alpha value is -3.14. The van der Waals surface area contributed by atoms with E-state index in [1.54, 1.807) is 14.2 Å². The maximum absolute atomic E-state index is 5.52. The summed E-state index contributed by atoms with van der Waals surface area (Å²) in [5, 5.41) is 4.59. The minimum atomic E-state index is 0. The number of hydrogen-bond donors (Lipinski definition) is 0. The number of benzene rings is 2. The Labute approximate surface area is 166 Å². The number of ether oxygens (including phenoxy) is 2. The van der Waals surface area contributed by atoms with Gasteiger partial charge in [-0.2, -0.15) is 0 Å². The number of fused-ring (bicyclic) bond motifs is 2. The summed E-state index contributed by atoms with van der Waals surface area (Å²) in [4.78, 5) is 9.33. The average molecular weight is 374 g/mol. The zero-order valence-corrected chi connectivity index (χ0v) is 15.8. The van der Waals surface area contributed by atoms with Crippen LogP contribution in [0.1, 0.15) is 31.3 Å². The van der Waals surface area contributed by atoms with E-state index in [2.05, 4.69) is 36.2 Å². The van der Waals surface area contributed by atoms with Gasteiger partial charge in [0, 0.05) is 41.0 Å². The molecule has 0 aliphatic carbocycles. The summed E-state index contributed by atoms with van der Waals surface area (Å²) in [6.07, 6.45) is 5.47. The molecule has 0 saturated heterocycles. The Balaban J connectivity index is 0.00000225. The van der Waals surface area contributed by atoms with Crippen LogP contribution in [0, 0.1) is 0 Å². The van der Waals surface area contributed by atoms with Crippen LogP contribution in [0.4, 0.5) is 0 Å². The molecule has 0 bridgehead atoms. The molecule has 0 fully saturated rings. The summed E-state index contributed by atoms with van der Waals surface area (Å²) in [6.45, 7) is 2.11. The first-order chi connectivity index (χ1) is 13.2. The Bertz CT molecular complexity index is 1120. The van der Waals surface area contributed by atoms with Crippen molar-refractivity contribution in [2.75, 3.05) is 14.2 Å². The van der Waals surface area contributed by atoms with Crippen LogP contribution in [0.15, 0.2) is 54.9 Å². The molecule has 0 saturated carbocycles. The van der Waals surface area contributed by atoms with Crippen molar-refractivity contribution in [3.05, 3.63) is 71.8 Å². The fourth-order valence-electron chi connectivity index (χ4n) is 3.52. The van der Waals surface area contributed by atoms with E-state index in [0.29, 0.717) is 6.42 Å². The molecule has 144 valence electrons. The fraction of sp³-hybridized carbons (Fsp3) is 0.250. The standard InChI is InChI=1S/C23H22N2O2.CH4/c1-4-21-20-12-23(27-3)22(26-2)11-19(20)17(14-25-21)10-18-9-15-7-5-6-8-16(15)13-24-18;/h5-9,11-14H,4,10H2,1-3H3;1H4. The number of aromatic nitrogens is 2. The third kappa shape index (κ3) is 3.50. The summed E-state index contributed by atoms with van der Waals surface area (Å²) >= 11 is 0. The van der Waals surface area contributed by atoms with E-state index in [1.165, 1.54) is 5.39 Å². The minimum absolute atomic E-state index is 0. The maximum Gasteiger partial charge on any atom is 0.161 e. The van der Waals surface area contributed by atoms with Crippen molar-refractivity contribution in [3.63, 3.8) is 0 Å². The number of nitrogens with zero attached hydrogens (tertiary/aromatic N) is 2. The molecule has 0 radical (unpaired) electrons. The van der Waals surface area contributed by atoms with E-state index in [1.807, 2.05) is 30.6 Å². The van der Waals surface area contributed by atoms with Gasteiger partial charge in [-0.25, -0.2) is 0 Å². The van der Waals surface area contributed by atoms with Crippen LogP contribution in [0.5, 0.6) is 11.5 Å². The highest BCUT2D eigenvalue weighted by Gasteiger charge is 2.13. The Morgan fingerprint density at radius 1 is 0.821 bits per heavy atom. The normalized spacial score (nSPS) is 10.7. The predicted molar refractivity (Wildman–Crippen MR) is 116 cm³/mol. The second-order valence-electron chi connectivity index (χ2n) is 6.54. The molecule has 0 unspecified atom stereocenters. The lowest BCUT2D eigenvalue weighted by Crippen LogP contribution is -1.99.